The summed E-state index contributed by atoms with van der Waals surface area (Å²) in [5.41, 5.74) is -1.54. The molecule has 2 rings (SSSR count). The number of aliphatic hydroxyl groups is 3. The summed E-state index contributed by atoms with van der Waals surface area (Å²) in [5.74, 6) is -1.26. The van der Waals surface area contributed by atoms with Crippen LogP contribution in [0.1, 0.15) is 6.92 Å². The average molecular weight is 226 g/mol. The molecule has 1 aliphatic heterocycles. The van der Waals surface area contributed by atoms with Crippen LogP contribution in [-0.2, 0) is 9.53 Å². The Morgan fingerprint density at radius 1 is 1.38 bits per heavy atom. The van der Waals surface area contributed by atoms with E-state index in [-0.39, 0.29) is 5.76 Å². The van der Waals surface area contributed by atoms with Crippen molar-refractivity contribution in [2.45, 2.75) is 25.2 Å². The van der Waals surface area contributed by atoms with Gasteiger partial charge in [0.15, 0.2) is 0 Å². The highest BCUT2D eigenvalue weighted by Crippen LogP contribution is 2.48. The lowest BCUT2D eigenvalue weighted by molar-refractivity contribution is -0.165. The number of carbonyl (C=O) groups excluding carboxylic acids is 1. The van der Waals surface area contributed by atoms with Gasteiger partial charge < -0.3 is 20.1 Å². The minimum atomic E-state index is -1.54. The normalized spacial score (nSPS) is 47.5. The maximum absolute atomic E-state index is 11.8. The predicted octanol–water partition coefficient (Wildman–Crippen LogP) is -0.668. The van der Waals surface area contributed by atoms with Gasteiger partial charge in [-0.15, -0.1) is 0 Å². The number of carbonyl (C=O) groups is 1. The van der Waals surface area contributed by atoms with Gasteiger partial charge in [0, 0.05) is 0 Å². The molecule has 16 heavy (non-hydrogen) atoms. The van der Waals surface area contributed by atoms with E-state index in [9.17, 15) is 20.1 Å². The first kappa shape index (κ1) is 11.3. The maximum Gasteiger partial charge on any atom is 0.323 e. The molecule has 1 heterocycles. The Labute approximate surface area is 92.7 Å². The van der Waals surface area contributed by atoms with Gasteiger partial charge in [0.25, 0.3) is 0 Å². The van der Waals surface area contributed by atoms with E-state index in [0.717, 1.165) is 0 Å². The molecule has 0 aromatic heterocycles. The zero-order valence-electron chi connectivity index (χ0n) is 8.83. The van der Waals surface area contributed by atoms with Crippen LogP contribution in [0.2, 0.25) is 0 Å². The quantitative estimate of drug-likeness (QED) is 0.377. The number of cyclic esters (lactones) is 1. The fourth-order valence-corrected chi connectivity index (χ4v) is 2.46. The van der Waals surface area contributed by atoms with Gasteiger partial charge in [0.1, 0.15) is 23.4 Å². The third-order valence-electron chi connectivity index (χ3n) is 3.50. The smallest absolute Gasteiger partial charge is 0.323 e. The molecule has 5 atom stereocenters. The van der Waals surface area contributed by atoms with Gasteiger partial charge in [0.05, 0.1) is 6.10 Å². The van der Waals surface area contributed by atoms with Gasteiger partial charge in [-0.25, -0.2) is 0 Å². The van der Waals surface area contributed by atoms with Crippen molar-refractivity contribution in [1.82, 2.24) is 0 Å². The fraction of sp³-hybridized carbons (Fsp3) is 0.545. The topological polar surface area (TPSA) is 87.0 Å². The van der Waals surface area contributed by atoms with Gasteiger partial charge in [-0.2, -0.15) is 0 Å². The molecule has 0 saturated carbocycles. The second-order valence-corrected chi connectivity index (χ2v) is 4.30. The first-order valence-corrected chi connectivity index (χ1v) is 5.06. The molecule has 1 fully saturated rings. The highest BCUT2D eigenvalue weighted by Gasteiger charge is 2.63. The highest BCUT2D eigenvalue weighted by atomic mass is 16.6. The lowest BCUT2D eigenvalue weighted by Crippen LogP contribution is -2.57. The zero-order valence-corrected chi connectivity index (χ0v) is 8.83. The van der Waals surface area contributed by atoms with E-state index in [1.165, 1.54) is 6.08 Å². The lowest BCUT2D eigenvalue weighted by atomic mass is 9.64. The van der Waals surface area contributed by atoms with Crippen molar-refractivity contribution in [2.75, 3.05) is 0 Å². The summed E-state index contributed by atoms with van der Waals surface area (Å²) in [5, 5.41) is 29.5. The predicted molar refractivity (Wildman–Crippen MR) is 54.0 cm³/mol. The molecule has 0 radical (unpaired) electrons. The largest absolute Gasteiger partial charge is 0.428 e. The van der Waals surface area contributed by atoms with E-state index in [4.69, 9.17) is 4.74 Å². The Hall–Kier alpha value is -1.17. The Balaban J connectivity index is 2.54. The van der Waals surface area contributed by atoms with Gasteiger partial charge in [0.2, 0.25) is 0 Å². The standard InChI is InChI=1S/C11H14O5/c1-5-3-4-7(12)9(14)11(5)8(13)6(2)16-10(11)15/h3-5,7-9,12-14H,2H2,1H3/t5-,7+,8?,9+,11-/m1/s1. The van der Waals surface area contributed by atoms with E-state index < -0.39 is 35.6 Å². The van der Waals surface area contributed by atoms with Crippen molar-refractivity contribution in [3.63, 3.8) is 0 Å². The second-order valence-electron chi connectivity index (χ2n) is 4.30. The molecule has 88 valence electrons. The SMILES string of the molecule is C=C1OC(=O)[C@@]2(C1O)[C@H](C)C=C[C@H](O)[C@@H]2O. The molecule has 0 aromatic rings. The van der Waals surface area contributed by atoms with E-state index in [1.54, 1.807) is 13.0 Å². The van der Waals surface area contributed by atoms with Crippen LogP contribution >= 0.6 is 0 Å². The van der Waals surface area contributed by atoms with Crippen LogP contribution in [0.25, 0.3) is 0 Å². The molecule has 0 amide bonds. The number of hydrogen-bond acceptors (Lipinski definition) is 5. The van der Waals surface area contributed by atoms with Crippen LogP contribution in [0.5, 0.6) is 0 Å². The second kappa shape index (κ2) is 3.41. The van der Waals surface area contributed by atoms with Crippen LogP contribution in [0.15, 0.2) is 24.5 Å². The third kappa shape index (κ3) is 1.13. The van der Waals surface area contributed by atoms with Crippen LogP contribution in [0.4, 0.5) is 0 Å². The number of allylic oxidation sites excluding steroid dienone is 1. The molecule has 1 saturated heterocycles. The maximum atomic E-state index is 11.8. The molecule has 0 aromatic carbocycles. The van der Waals surface area contributed by atoms with Crippen LogP contribution < -0.4 is 0 Å². The van der Waals surface area contributed by atoms with Crippen molar-refractivity contribution in [2.24, 2.45) is 11.3 Å². The number of rotatable bonds is 0. The first-order valence-electron chi connectivity index (χ1n) is 5.06. The van der Waals surface area contributed by atoms with E-state index in [1.807, 2.05) is 0 Å². The number of esters is 1. The number of hydrogen-bond donors (Lipinski definition) is 3. The molecule has 1 aliphatic carbocycles. The van der Waals surface area contributed by atoms with Crippen molar-refractivity contribution in [3.8, 4) is 0 Å². The molecule has 3 N–H and O–H groups in total. The van der Waals surface area contributed by atoms with Gasteiger partial charge in [-0.05, 0) is 5.92 Å². The number of ether oxygens (including phenoxy) is 1. The summed E-state index contributed by atoms with van der Waals surface area (Å²) in [6.45, 7) is 5.09. The molecule has 5 nitrogen and oxygen atoms in total. The van der Waals surface area contributed by atoms with Crippen LogP contribution in [-0.4, -0.2) is 39.6 Å². The van der Waals surface area contributed by atoms with Crippen molar-refractivity contribution in [3.05, 3.63) is 24.5 Å². The highest BCUT2D eigenvalue weighted by molar-refractivity contribution is 5.84. The summed E-state index contributed by atoms with van der Waals surface area (Å²) < 4.78 is 4.77. The van der Waals surface area contributed by atoms with Crippen LogP contribution in [0.3, 0.4) is 0 Å². The van der Waals surface area contributed by atoms with Gasteiger partial charge >= 0.3 is 5.97 Å². The zero-order chi connectivity index (χ0) is 12.1. The minimum absolute atomic E-state index is 0.0848. The molecular formula is C11H14O5. The van der Waals surface area contributed by atoms with Crippen molar-refractivity contribution >= 4 is 5.97 Å². The number of aliphatic hydroxyl groups excluding tert-OH is 3. The van der Waals surface area contributed by atoms with Crippen molar-refractivity contribution < 1.29 is 24.9 Å². The Kier molecular flexibility index (Phi) is 2.41. The van der Waals surface area contributed by atoms with Crippen molar-refractivity contribution in [1.29, 1.82) is 0 Å². The Morgan fingerprint density at radius 3 is 2.50 bits per heavy atom. The average Bonchev–Trinajstić information content (AvgIpc) is 2.45. The summed E-state index contributed by atoms with van der Waals surface area (Å²) in [6, 6.07) is 0. The van der Waals surface area contributed by atoms with E-state index >= 15 is 0 Å². The molecule has 5 heteroatoms. The summed E-state index contributed by atoms with van der Waals surface area (Å²) in [6.07, 6.45) is -0.898. The first-order chi connectivity index (χ1) is 7.42. The third-order valence-corrected chi connectivity index (χ3v) is 3.50. The summed E-state index contributed by atoms with van der Waals surface area (Å²) >= 11 is 0. The Bertz CT molecular complexity index is 375. The molecule has 0 bridgehead atoms. The monoisotopic (exact) mass is 226 g/mol. The minimum Gasteiger partial charge on any atom is -0.428 e. The molecular weight excluding hydrogens is 212 g/mol. The van der Waals surface area contributed by atoms with Crippen LogP contribution in [0, 0.1) is 11.3 Å². The van der Waals surface area contributed by atoms with E-state index in [0.29, 0.717) is 0 Å². The van der Waals surface area contributed by atoms with Gasteiger partial charge in [-0.3, -0.25) is 4.79 Å². The summed E-state index contributed by atoms with van der Waals surface area (Å²) in [7, 11) is 0. The fourth-order valence-electron chi connectivity index (χ4n) is 2.46. The molecule has 2 aliphatic rings. The van der Waals surface area contributed by atoms with E-state index in [2.05, 4.69) is 6.58 Å². The molecule has 1 spiro atoms. The Morgan fingerprint density at radius 2 is 2.00 bits per heavy atom. The lowest BCUT2D eigenvalue weighted by Gasteiger charge is -2.40. The molecule has 1 unspecified atom stereocenters. The van der Waals surface area contributed by atoms with Gasteiger partial charge in [-0.1, -0.05) is 25.7 Å². The summed E-state index contributed by atoms with van der Waals surface area (Å²) in [4.78, 5) is 11.8.